The summed E-state index contributed by atoms with van der Waals surface area (Å²) in [5.41, 5.74) is 7.05. The molecule has 3 heteroatoms. The largest absolute Gasteiger partial charge is 0.322 e. The molecule has 1 aromatic carbocycles. The monoisotopic (exact) mass is 189 g/mol. The second-order valence-electron chi connectivity index (χ2n) is 3.58. The topological polar surface area (TPSA) is 41.6 Å². The summed E-state index contributed by atoms with van der Waals surface area (Å²) in [6, 6.07) is 10.6. The van der Waals surface area contributed by atoms with Crippen LogP contribution in [0.5, 0.6) is 0 Å². The van der Waals surface area contributed by atoms with Crippen LogP contribution in [0.4, 0.5) is 0 Å². The molecule has 0 fully saturated rings. The van der Waals surface area contributed by atoms with Crippen LogP contribution < -0.4 is 5.73 Å². The van der Waals surface area contributed by atoms with Crippen molar-refractivity contribution in [2.75, 3.05) is 13.1 Å². The molecule has 1 aliphatic rings. The fourth-order valence-corrected chi connectivity index (χ4v) is 1.57. The Kier molecular flexibility index (Phi) is 2.79. The van der Waals surface area contributed by atoms with E-state index >= 15 is 0 Å². The highest BCUT2D eigenvalue weighted by Crippen LogP contribution is 2.04. The lowest BCUT2D eigenvalue weighted by Crippen LogP contribution is -2.29. The van der Waals surface area contributed by atoms with Crippen molar-refractivity contribution in [1.29, 1.82) is 0 Å². The highest BCUT2D eigenvalue weighted by atomic mass is 15.5. The van der Waals surface area contributed by atoms with Crippen molar-refractivity contribution in [3.63, 3.8) is 0 Å². The van der Waals surface area contributed by atoms with Crippen LogP contribution in [0.25, 0.3) is 0 Å². The van der Waals surface area contributed by atoms with Crippen LogP contribution >= 0.6 is 0 Å². The van der Waals surface area contributed by atoms with Gasteiger partial charge in [0.15, 0.2) is 0 Å². The zero-order valence-electron chi connectivity index (χ0n) is 8.13. The molecule has 0 radical (unpaired) electrons. The van der Waals surface area contributed by atoms with E-state index in [0.717, 1.165) is 19.5 Å². The molecule has 0 bridgehead atoms. The Labute approximate surface area is 84.2 Å². The third-order valence-corrected chi connectivity index (χ3v) is 2.34. The molecule has 0 aromatic heterocycles. The van der Waals surface area contributed by atoms with Crippen molar-refractivity contribution < 1.29 is 0 Å². The molecule has 1 aromatic rings. The van der Waals surface area contributed by atoms with E-state index < -0.39 is 0 Å². The van der Waals surface area contributed by atoms with Crippen LogP contribution in [0.15, 0.2) is 35.4 Å². The Morgan fingerprint density at radius 2 is 2.14 bits per heavy atom. The number of hydrogen-bond acceptors (Lipinski definition) is 3. The minimum absolute atomic E-state index is 0.116. The molecule has 1 atom stereocenters. The molecule has 3 nitrogen and oxygen atoms in total. The van der Waals surface area contributed by atoms with E-state index in [1.54, 1.807) is 0 Å². The molecule has 0 spiro atoms. The van der Waals surface area contributed by atoms with Gasteiger partial charge in [-0.25, -0.2) is 0 Å². The fraction of sp³-hybridized carbons (Fsp3) is 0.364. The molecule has 2 rings (SSSR count). The quantitative estimate of drug-likeness (QED) is 0.766. The first-order chi connectivity index (χ1) is 6.84. The molecule has 2 N–H and O–H groups in total. The standard InChI is InChI=1S/C11H15N3/c12-11-8-13-14(9-11)7-6-10-4-2-1-3-5-10/h1-5,8,11H,6-7,9,12H2. The number of rotatable bonds is 3. The van der Waals surface area contributed by atoms with E-state index in [-0.39, 0.29) is 6.04 Å². The second-order valence-corrected chi connectivity index (χ2v) is 3.58. The van der Waals surface area contributed by atoms with Gasteiger partial charge in [0.1, 0.15) is 0 Å². The number of nitrogens with zero attached hydrogens (tertiary/aromatic N) is 2. The molecule has 14 heavy (non-hydrogen) atoms. The zero-order valence-corrected chi connectivity index (χ0v) is 8.13. The van der Waals surface area contributed by atoms with E-state index in [2.05, 4.69) is 29.4 Å². The van der Waals surface area contributed by atoms with Crippen LogP contribution in [0, 0.1) is 0 Å². The lowest BCUT2D eigenvalue weighted by atomic mass is 10.1. The number of hydrazone groups is 1. The number of hydrogen-bond donors (Lipinski definition) is 1. The van der Waals surface area contributed by atoms with E-state index in [1.165, 1.54) is 5.56 Å². The van der Waals surface area contributed by atoms with Gasteiger partial charge in [-0.15, -0.1) is 0 Å². The SMILES string of the molecule is NC1C=NN(CCc2ccccc2)C1. The van der Waals surface area contributed by atoms with E-state index in [9.17, 15) is 0 Å². The van der Waals surface area contributed by atoms with Crippen LogP contribution in [0.3, 0.4) is 0 Å². The van der Waals surface area contributed by atoms with Crippen molar-refractivity contribution in [1.82, 2.24) is 5.01 Å². The Hall–Kier alpha value is -1.35. The van der Waals surface area contributed by atoms with Crippen LogP contribution in [0.1, 0.15) is 5.56 Å². The molecule has 0 saturated heterocycles. The molecule has 0 saturated carbocycles. The Morgan fingerprint density at radius 3 is 2.79 bits per heavy atom. The highest BCUT2D eigenvalue weighted by molar-refractivity contribution is 5.65. The van der Waals surface area contributed by atoms with Crippen LogP contribution in [0.2, 0.25) is 0 Å². The maximum Gasteiger partial charge on any atom is 0.0612 e. The van der Waals surface area contributed by atoms with Gasteiger partial charge in [-0.1, -0.05) is 30.3 Å². The first kappa shape index (κ1) is 9.21. The van der Waals surface area contributed by atoms with E-state index in [1.807, 2.05) is 17.3 Å². The first-order valence-corrected chi connectivity index (χ1v) is 4.93. The summed E-state index contributed by atoms with van der Waals surface area (Å²) in [6.45, 7) is 1.81. The third kappa shape index (κ3) is 2.33. The Morgan fingerprint density at radius 1 is 1.36 bits per heavy atom. The minimum Gasteiger partial charge on any atom is -0.322 e. The molecule has 74 valence electrons. The van der Waals surface area contributed by atoms with Crippen molar-refractivity contribution >= 4 is 6.21 Å². The summed E-state index contributed by atoms with van der Waals surface area (Å²) in [6.07, 6.45) is 2.84. The Balaban J connectivity index is 1.81. The van der Waals surface area contributed by atoms with Gasteiger partial charge < -0.3 is 5.73 Å². The average Bonchev–Trinajstić information content (AvgIpc) is 2.63. The first-order valence-electron chi connectivity index (χ1n) is 4.93. The van der Waals surface area contributed by atoms with Crippen molar-refractivity contribution in [3.05, 3.63) is 35.9 Å². The highest BCUT2D eigenvalue weighted by Gasteiger charge is 2.12. The summed E-state index contributed by atoms with van der Waals surface area (Å²) in [4.78, 5) is 0. The molecule has 0 amide bonds. The maximum absolute atomic E-state index is 5.70. The predicted molar refractivity (Wildman–Crippen MR) is 58.2 cm³/mol. The van der Waals surface area contributed by atoms with E-state index in [0.29, 0.717) is 0 Å². The minimum atomic E-state index is 0.116. The van der Waals surface area contributed by atoms with Gasteiger partial charge in [-0.05, 0) is 12.0 Å². The maximum atomic E-state index is 5.70. The summed E-state index contributed by atoms with van der Waals surface area (Å²) < 4.78 is 0. The zero-order chi connectivity index (χ0) is 9.80. The van der Waals surface area contributed by atoms with Gasteiger partial charge in [0.2, 0.25) is 0 Å². The summed E-state index contributed by atoms with van der Waals surface area (Å²) in [5, 5.41) is 6.24. The second kappa shape index (κ2) is 4.24. The number of benzene rings is 1. The molecule has 1 heterocycles. The molecule has 1 unspecified atom stereocenters. The lowest BCUT2D eigenvalue weighted by molar-refractivity contribution is 0.314. The van der Waals surface area contributed by atoms with Crippen LogP contribution in [-0.2, 0) is 6.42 Å². The molecule has 0 aliphatic carbocycles. The van der Waals surface area contributed by atoms with Gasteiger partial charge in [0.25, 0.3) is 0 Å². The predicted octanol–water partition coefficient (Wildman–Crippen LogP) is 0.858. The normalized spacial score (nSPS) is 20.4. The molecular weight excluding hydrogens is 174 g/mol. The van der Waals surface area contributed by atoms with Crippen molar-refractivity contribution in [2.45, 2.75) is 12.5 Å². The van der Waals surface area contributed by atoms with Gasteiger partial charge in [-0.3, -0.25) is 5.01 Å². The summed E-state index contributed by atoms with van der Waals surface area (Å²) in [5.74, 6) is 0. The van der Waals surface area contributed by atoms with Crippen molar-refractivity contribution in [3.8, 4) is 0 Å². The lowest BCUT2D eigenvalue weighted by Gasteiger charge is -2.14. The van der Waals surface area contributed by atoms with Gasteiger partial charge in [0.05, 0.1) is 12.6 Å². The third-order valence-electron chi connectivity index (χ3n) is 2.34. The van der Waals surface area contributed by atoms with Gasteiger partial charge in [-0.2, -0.15) is 5.10 Å². The average molecular weight is 189 g/mol. The van der Waals surface area contributed by atoms with E-state index in [4.69, 9.17) is 5.73 Å². The van der Waals surface area contributed by atoms with Crippen molar-refractivity contribution in [2.24, 2.45) is 10.8 Å². The van der Waals surface area contributed by atoms with Crippen LogP contribution in [-0.4, -0.2) is 30.4 Å². The van der Waals surface area contributed by atoms with Gasteiger partial charge >= 0.3 is 0 Å². The molecule has 1 aliphatic heterocycles. The van der Waals surface area contributed by atoms with Gasteiger partial charge in [0, 0.05) is 12.8 Å². The smallest absolute Gasteiger partial charge is 0.0612 e. The summed E-state index contributed by atoms with van der Waals surface area (Å²) in [7, 11) is 0. The Bertz CT molecular complexity index is 308. The number of nitrogens with two attached hydrogens (primary N) is 1. The fourth-order valence-electron chi connectivity index (χ4n) is 1.57. The molecular formula is C11H15N3. The summed E-state index contributed by atoms with van der Waals surface area (Å²) >= 11 is 0.